The van der Waals surface area contributed by atoms with E-state index in [2.05, 4.69) is 0 Å². The minimum atomic E-state index is -1.30. The molecule has 2 N–H and O–H groups in total. The van der Waals surface area contributed by atoms with Gasteiger partial charge in [-0.15, -0.1) is 0 Å². The van der Waals surface area contributed by atoms with Gasteiger partial charge in [-0.25, -0.2) is 4.79 Å². The fraction of sp³-hybridized carbons (Fsp3) is 0. The second-order valence-electron chi connectivity index (χ2n) is 7.97. The predicted molar refractivity (Wildman–Crippen MR) is 139 cm³/mol. The van der Waals surface area contributed by atoms with Crippen LogP contribution in [0.2, 0.25) is 10.0 Å². The maximum absolute atomic E-state index is 13.6. The summed E-state index contributed by atoms with van der Waals surface area (Å²) in [4.78, 5) is 26.5. The summed E-state index contributed by atoms with van der Waals surface area (Å²) < 4.78 is 5.93. The van der Waals surface area contributed by atoms with E-state index in [1.165, 1.54) is 23.1 Å². The predicted octanol–water partition coefficient (Wildman–Crippen LogP) is 7.13. The summed E-state index contributed by atoms with van der Waals surface area (Å²) in [6, 6.07) is 21.8. The van der Waals surface area contributed by atoms with Crippen LogP contribution in [0.15, 0.2) is 94.9 Å². The number of hydrogen-bond acceptors (Lipinski definition) is 4. The molecular formula is C28H17Cl2NO5. The second-order valence-corrected chi connectivity index (χ2v) is 8.81. The lowest BCUT2D eigenvalue weighted by molar-refractivity contribution is -0.113. The van der Waals surface area contributed by atoms with Crippen LogP contribution in [0.4, 0.5) is 5.69 Å². The average molecular weight is 518 g/mol. The number of furan rings is 1. The molecule has 0 aliphatic carbocycles. The lowest BCUT2D eigenvalue weighted by atomic mass is 10.1. The number of benzene rings is 3. The standard InChI is InChI=1S/C28H17Cl2NO5/c29-18-6-9-23(30)21(14-18)26-11-8-20(36-26)12-17-13-24(16-4-2-1-3-5-16)31(27(17)33)19-7-10-25(32)22(15-19)28(34)35/h1-15,32H,(H,34,35). The maximum atomic E-state index is 13.6. The summed E-state index contributed by atoms with van der Waals surface area (Å²) in [5, 5.41) is 20.4. The highest BCUT2D eigenvalue weighted by Gasteiger charge is 2.31. The molecule has 4 aromatic rings. The molecule has 36 heavy (non-hydrogen) atoms. The Balaban J connectivity index is 1.57. The van der Waals surface area contributed by atoms with Crippen LogP contribution >= 0.6 is 23.2 Å². The number of aromatic carboxylic acids is 1. The molecule has 0 unspecified atom stereocenters. The number of carboxylic acids is 1. The van der Waals surface area contributed by atoms with Crippen molar-refractivity contribution in [2.75, 3.05) is 4.90 Å². The number of amides is 1. The Morgan fingerprint density at radius 1 is 0.944 bits per heavy atom. The molecule has 1 aromatic heterocycles. The van der Waals surface area contributed by atoms with E-state index in [1.54, 1.807) is 42.5 Å². The van der Waals surface area contributed by atoms with Crippen molar-refractivity contribution in [3.05, 3.63) is 117 Å². The van der Waals surface area contributed by atoms with Gasteiger partial charge in [0.15, 0.2) is 0 Å². The van der Waals surface area contributed by atoms with Gasteiger partial charge in [-0.2, -0.15) is 0 Å². The first-order chi connectivity index (χ1) is 17.3. The Kier molecular flexibility index (Phi) is 6.14. The van der Waals surface area contributed by atoms with Gasteiger partial charge >= 0.3 is 5.97 Å². The Morgan fingerprint density at radius 3 is 2.47 bits per heavy atom. The number of anilines is 1. The third-order valence-corrected chi connectivity index (χ3v) is 6.20. The first kappa shape index (κ1) is 23.5. The number of aromatic hydroxyl groups is 1. The monoisotopic (exact) mass is 517 g/mol. The van der Waals surface area contributed by atoms with Gasteiger partial charge in [0.25, 0.3) is 5.91 Å². The van der Waals surface area contributed by atoms with E-state index < -0.39 is 5.97 Å². The molecule has 178 valence electrons. The fourth-order valence-electron chi connectivity index (χ4n) is 3.94. The molecule has 0 bridgehead atoms. The molecule has 0 fully saturated rings. The van der Waals surface area contributed by atoms with Crippen LogP contribution in [0.5, 0.6) is 5.75 Å². The number of carbonyl (C=O) groups is 2. The summed E-state index contributed by atoms with van der Waals surface area (Å²) in [5.74, 6) is -1.15. The van der Waals surface area contributed by atoms with Crippen LogP contribution in [0, 0.1) is 0 Å². The van der Waals surface area contributed by atoms with E-state index in [0.29, 0.717) is 44.1 Å². The zero-order chi connectivity index (χ0) is 25.4. The lowest BCUT2D eigenvalue weighted by Crippen LogP contribution is -2.25. The average Bonchev–Trinajstić information content (AvgIpc) is 3.46. The molecule has 0 atom stereocenters. The number of nitrogens with zero attached hydrogens (tertiary/aromatic N) is 1. The van der Waals surface area contributed by atoms with Gasteiger partial charge in [0, 0.05) is 16.2 Å². The van der Waals surface area contributed by atoms with Gasteiger partial charge < -0.3 is 14.6 Å². The van der Waals surface area contributed by atoms with E-state index in [9.17, 15) is 19.8 Å². The molecule has 1 aliphatic rings. The van der Waals surface area contributed by atoms with Crippen molar-refractivity contribution >= 4 is 52.5 Å². The van der Waals surface area contributed by atoms with Crippen molar-refractivity contribution in [2.24, 2.45) is 0 Å². The number of hydrogen-bond donors (Lipinski definition) is 2. The van der Waals surface area contributed by atoms with Gasteiger partial charge in [0.2, 0.25) is 0 Å². The summed E-state index contributed by atoms with van der Waals surface area (Å²) in [6.45, 7) is 0. The number of halogens is 2. The second kappa shape index (κ2) is 9.41. The van der Waals surface area contributed by atoms with Gasteiger partial charge in [0.05, 0.1) is 16.4 Å². The van der Waals surface area contributed by atoms with Crippen LogP contribution in [0.25, 0.3) is 23.1 Å². The SMILES string of the molecule is O=C(O)c1cc(N2C(=O)C(=Cc3ccc(-c4cc(Cl)ccc4Cl)o3)C=C2c2ccccc2)ccc1O. The molecule has 1 amide bonds. The maximum Gasteiger partial charge on any atom is 0.339 e. The number of phenols is 1. The third kappa shape index (κ3) is 4.40. The minimum Gasteiger partial charge on any atom is -0.507 e. The highest BCUT2D eigenvalue weighted by atomic mass is 35.5. The van der Waals surface area contributed by atoms with Crippen molar-refractivity contribution in [3.63, 3.8) is 0 Å². The summed E-state index contributed by atoms with van der Waals surface area (Å²) in [7, 11) is 0. The fourth-order valence-corrected chi connectivity index (χ4v) is 4.33. The number of rotatable bonds is 5. The van der Waals surface area contributed by atoms with Crippen LogP contribution < -0.4 is 4.90 Å². The minimum absolute atomic E-state index is 0.305. The smallest absolute Gasteiger partial charge is 0.339 e. The van der Waals surface area contributed by atoms with Crippen molar-refractivity contribution in [1.82, 2.24) is 0 Å². The molecule has 1 aliphatic heterocycles. The van der Waals surface area contributed by atoms with E-state index in [-0.39, 0.29) is 17.2 Å². The van der Waals surface area contributed by atoms with E-state index in [0.717, 1.165) is 5.56 Å². The highest BCUT2D eigenvalue weighted by Crippen LogP contribution is 2.38. The van der Waals surface area contributed by atoms with Crippen LogP contribution in [-0.4, -0.2) is 22.1 Å². The quantitative estimate of drug-likeness (QED) is 0.275. The molecule has 3 aromatic carbocycles. The van der Waals surface area contributed by atoms with Crippen molar-refractivity contribution < 1.29 is 24.2 Å². The van der Waals surface area contributed by atoms with Gasteiger partial charge in [-0.3, -0.25) is 9.69 Å². The molecule has 0 saturated heterocycles. The van der Waals surface area contributed by atoms with Crippen molar-refractivity contribution in [3.8, 4) is 17.1 Å². The molecular weight excluding hydrogens is 501 g/mol. The summed E-state index contributed by atoms with van der Waals surface area (Å²) in [5.41, 5.74) is 2.26. The Morgan fingerprint density at radius 2 is 1.72 bits per heavy atom. The summed E-state index contributed by atoms with van der Waals surface area (Å²) >= 11 is 12.4. The van der Waals surface area contributed by atoms with Crippen LogP contribution in [0.3, 0.4) is 0 Å². The molecule has 6 nitrogen and oxygen atoms in total. The van der Waals surface area contributed by atoms with Gasteiger partial charge in [0.1, 0.15) is 22.8 Å². The zero-order valence-electron chi connectivity index (χ0n) is 18.5. The zero-order valence-corrected chi connectivity index (χ0v) is 20.0. The summed E-state index contributed by atoms with van der Waals surface area (Å²) in [6.07, 6.45) is 3.31. The Labute approximate surface area is 215 Å². The molecule has 5 rings (SSSR count). The molecule has 0 saturated carbocycles. The third-order valence-electron chi connectivity index (χ3n) is 5.64. The first-order valence-corrected chi connectivity index (χ1v) is 11.5. The molecule has 0 spiro atoms. The highest BCUT2D eigenvalue weighted by molar-refractivity contribution is 6.35. The Bertz CT molecular complexity index is 1570. The van der Waals surface area contributed by atoms with Crippen LogP contribution in [-0.2, 0) is 4.79 Å². The van der Waals surface area contributed by atoms with E-state index >= 15 is 0 Å². The molecule has 8 heteroatoms. The van der Waals surface area contributed by atoms with Gasteiger partial charge in [-0.05, 0) is 66.2 Å². The molecule has 0 radical (unpaired) electrons. The molecule has 2 heterocycles. The van der Waals surface area contributed by atoms with Crippen LogP contribution in [0.1, 0.15) is 21.7 Å². The Hall–Kier alpha value is -4.26. The van der Waals surface area contributed by atoms with Crippen molar-refractivity contribution in [1.29, 1.82) is 0 Å². The topological polar surface area (TPSA) is 91.0 Å². The number of carboxylic acid groups (broad SMARTS) is 1. The normalized spacial score (nSPS) is 14.4. The lowest BCUT2D eigenvalue weighted by Gasteiger charge is -2.21. The van der Waals surface area contributed by atoms with Gasteiger partial charge in [-0.1, -0.05) is 53.5 Å². The number of carbonyl (C=O) groups excluding carboxylic acids is 1. The largest absolute Gasteiger partial charge is 0.507 e. The van der Waals surface area contributed by atoms with Crippen molar-refractivity contribution in [2.45, 2.75) is 0 Å². The van der Waals surface area contributed by atoms with E-state index in [1.807, 2.05) is 30.3 Å². The van der Waals surface area contributed by atoms with E-state index in [4.69, 9.17) is 27.6 Å². The first-order valence-electron chi connectivity index (χ1n) is 10.8.